The van der Waals surface area contributed by atoms with E-state index in [1.165, 1.54) is 0 Å². The van der Waals surface area contributed by atoms with Gasteiger partial charge in [0, 0.05) is 25.0 Å². The number of benzene rings is 1. The van der Waals surface area contributed by atoms with E-state index in [-0.39, 0.29) is 5.56 Å². The molecule has 1 aromatic carbocycles. The minimum atomic E-state index is -0.917. The highest BCUT2D eigenvalue weighted by atomic mass is 16.4. The number of carbonyl (C=O) groups is 1. The first-order chi connectivity index (χ1) is 7.58. The summed E-state index contributed by atoms with van der Waals surface area (Å²) in [5.41, 5.74) is 2.03. The molecule has 1 N–H and O–H groups in total. The van der Waals surface area contributed by atoms with Crippen molar-refractivity contribution in [2.24, 2.45) is 7.05 Å². The summed E-state index contributed by atoms with van der Waals surface area (Å²) in [6.07, 6.45) is 3.52. The fourth-order valence-electron chi connectivity index (χ4n) is 1.68. The number of hydrogen-bond donors (Lipinski definition) is 1. The fraction of sp³-hybridized carbons (Fsp3) is 0.167. The van der Waals surface area contributed by atoms with Crippen LogP contribution in [0.5, 0.6) is 0 Å². The summed E-state index contributed by atoms with van der Waals surface area (Å²) in [4.78, 5) is 15.1. The van der Waals surface area contributed by atoms with Gasteiger partial charge in [-0.2, -0.15) is 0 Å². The van der Waals surface area contributed by atoms with E-state index in [4.69, 9.17) is 5.11 Å². The van der Waals surface area contributed by atoms with Crippen molar-refractivity contribution in [3.63, 3.8) is 0 Å². The predicted molar refractivity (Wildman–Crippen MR) is 60.3 cm³/mol. The van der Waals surface area contributed by atoms with Crippen molar-refractivity contribution >= 4 is 5.97 Å². The van der Waals surface area contributed by atoms with Crippen LogP contribution in [0.4, 0.5) is 0 Å². The van der Waals surface area contributed by atoms with E-state index in [0.717, 1.165) is 17.0 Å². The van der Waals surface area contributed by atoms with Crippen LogP contribution in [0.3, 0.4) is 0 Å². The van der Waals surface area contributed by atoms with Crippen LogP contribution in [0.2, 0.25) is 0 Å². The Morgan fingerprint density at radius 3 is 2.69 bits per heavy atom. The van der Waals surface area contributed by atoms with E-state index in [1.807, 2.05) is 30.8 Å². The number of rotatable bonds is 2. The van der Waals surface area contributed by atoms with Crippen molar-refractivity contribution in [2.45, 2.75) is 6.92 Å². The van der Waals surface area contributed by atoms with Crippen LogP contribution in [0.1, 0.15) is 15.9 Å². The van der Waals surface area contributed by atoms with Crippen molar-refractivity contribution in [3.05, 3.63) is 41.7 Å². The summed E-state index contributed by atoms with van der Waals surface area (Å²) in [6.45, 7) is 1.87. The van der Waals surface area contributed by atoms with Gasteiger partial charge in [0.15, 0.2) is 0 Å². The maximum absolute atomic E-state index is 10.9. The highest BCUT2D eigenvalue weighted by Gasteiger charge is 2.09. The summed E-state index contributed by atoms with van der Waals surface area (Å²) in [7, 11) is 1.88. The normalized spacial score (nSPS) is 10.4. The molecular formula is C12H12N2O2. The fourth-order valence-corrected chi connectivity index (χ4v) is 1.68. The van der Waals surface area contributed by atoms with Gasteiger partial charge in [0.05, 0.1) is 5.56 Å². The first-order valence-corrected chi connectivity index (χ1v) is 4.90. The second-order valence-electron chi connectivity index (χ2n) is 3.75. The first kappa shape index (κ1) is 10.4. The molecule has 0 aliphatic heterocycles. The molecule has 0 fully saturated rings. The Morgan fingerprint density at radius 2 is 2.12 bits per heavy atom. The summed E-state index contributed by atoms with van der Waals surface area (Å²) >= 11 is 0. The highest BCUT2D eigenvalue weighted by Crippen LogP contribution is 2.20. The van der Waals surface area contributed by atoms with Crippen LogP contribution in [0.15, 0.2) is 30.6 Å². The molecule has 1 aromatic heterocycles. The smallest absolute Gasteiger partial charge is 0.335 e. The number of carboxylic acids is 1. The molecule has 0 amide bonds. The lowest BCUT2D eigenvalue weighted by molar-refractivity contribution is 0.0697. The quantitative estimate of drug-likeness (QED) is 0.836. The molecule has 82 valence electrons. The van der Waals surface area contributed by atoms with Crippen molar-refractivity contribution in [1.82, 2.24) is 9.55 Å². The van der Waals surface area contributed by atoms with Crippen LogP contribution in [0, 0.1) is 6.92 Å². The summed E-state index contributed by atoms with van der Waals surface area (Å²) in [6, 6.07) is 5.21. The molecule has 2 aromatic rings. The lowest BCUT2D eigenvalue weighted by Crippen LogP contribution is -1.99. The monoisotopic (exact) mass is 216 g/mol. The highest BCUT2D eigenvalue weighted by molar-refractivity contribution is 5.89. The Balaban J connectivity index is 2.58. The number of hydrogen-bond acceptors (Lipinski definition) is 2. The van der Waals surface area contributed by atoms with Crippen LogP contribution in [-0.2, 0) is 7.05 Å². The number of carboxylic acid groups (broad SMARTS) is 1. The standard InChI is InChI=1S/C12H12N2O2/c1-8-5-9(7-10(6-8)12(15)16)11-13-3-4-14(11)2/h3-7H,1-2H3,(H,15,16). The van der Waals surface area contributed by atoms with E-state index in [1.54, 1.807) is 18.3 Å². The lowest BCUT2D eigenvalue weighted by atomic mass is 10.1. The van der Waals surface area contributed by atoms with Gasteiger partial charge in [-0.1, -0.05) is 0 Å². The zero-order valence-electron chi connectivity index (χ0n) is 9.14. The van der Waals surface area contributed by atoms with Crippen molar-refractivity contribution in [2.75, 3.05) is 0 Å². The SMILES string of the molecule is Cc1cc(C(=O)O)cc(-c2nccn2C)c1. The van der Waals surface area contributed by atoms with E-state index in [2.05, 4.69) is 4.98 Å². The molecule has 16 heavy (non-hydrogen) atoms. The van der Waals surface area contributed by atoms with Gasteiger partial charge >= 0.3 is 5.97 Å². The zero-order valence-corrected chi connectivity index (χ0v) is 9.14. The Labute approximate surface area is 93.2 Å². The maximum Gasteiger partial charge on any atom is 0.335 e. The van der Waals surface area contributed by atoms with Crippen molar-refractivity contribution in [3.8, 4) is 11.4 Å². The van der Waals surface area contributed by atoms with Gasteiger partial charge in [-0.3, -0.25) is 0 Å². The molecule has 2 rings (SSSR count). The number of aromatic nitrogens is 2. The number of aromatic carboxylic acids is 1. The molecular weight excluding hydrogens is 204 g/mol. The summed E-state index contributed by atoms with van der Waals surface area (Å²) in [5.74, 6) is -0.148. The molecule has 0 aliphatic carbocycles. The molecule has 0 saturated heterocycles. The minimum Gasteiger partial charge on any atom is -0.478 e. The third-order valence-corrected chi connectivity index (χ3v) is 2.40. The van der Waals surface area contributed by atoms with Gasteiger partial charge in [0.1, 0.15) is 5.82 Å². The molecule has 0 saturated carbocycles. The number of imidazole rings is 1. The number of aryl methyl sites for hydroxylation is 2. The molecule has 1 heterocycles. The van der Waals surface area contributed by atoms with E-state index in [9.17, 15) is 4.79 Å². The maximum atomic E-state index is 10.9. The van der Waals surface area contributed by atoms with Crippen molar-refractivity contribution < 1.29 is 9.90 Å². The average Bonchev–Trinajstić information content (AvgIpc) is 2.63. The van der Waals surface area contributed by atoms with Gasteiger partial charge in [0.2, 0.25) is 0 Å². The van der Waals surface area contributed by atoms with Gasteiger partial charge in [0.25, 0.3) is 0 Å². The Morgan fingerprint density at radius 1 is 1.38 bits per heavy atom. The summed E-state index contributed by atoms with van der Waals surface area (Å²) < 4.78 is 1.86. The first-order valence-electron chi connectivity index (χ1n) is 4.90. The Hall–Kier alpha value is -2.10. The average molecular weight is 216 g/mol. The van der Waals surface area contributed by atoms with E-state index >= 15 is 0 Å². The molecule has 0 spiro atoms. The van der Waals surface area contributed by atoms with Crippen LogP contribution in [0.25, 0.3) is 11.4 Å². The third-order valence-electron chi connectivity index (χ3n) is 2.40. The molecule has 0 atom stereocenters. The summed E-state index contributed by atoms with van der Waals surface area (Å²) in [5, 5.41) is 8.97. The Kier molecular flexibility index (Phi) is 2.48. The van der Waals surface area contributed by atoms with Crippen molar-refractivity contribution in [1.29, 1.82) is 0 Å². The van der Waals surface area contributed by atoms with Crippen LogP contribution in [-0.4, -0.2) is 20.6 Å². The molecule has 4 heteroatoms. The molecule has 0 bridgehead atoms. The van der Waals surface area contributed by atoms with Gasteiger partial charge < -0.3 is 9.67 Å². The van der Waals surface area contributed by atoms with Gasteiger partial charge in [-0.15, -0.1) is 0 Å². The van der Waals surface area contributed by atoms with Gasteiger partial charge in [-0.25, -0.2) is 9.78 Å². The largest absolute Gasteiger partial charge is 0.478 e. The lowest BCUT2D eigenvalue weighted by Gasteiger charge is -2.05. The molecule has 0 aliphatic rings. The Bertz CT molecular complexity index is 544. The second-order valence-corrected chi connectivity index (χ2v) is 3.75. The number of nitrogens with zero attached hydrogens (tertiary/aromatic N) is 2. The van der Waals surface area contributed by atoms with Crippen LogP contribution >= 0.6 is 0 Å². The topological polar surface area (TPSA) is 55.1 Å². The van der Waals surface area contributed by atoms with E-state index < -0.39 is 5.97 Å². The molecule has 0 unspecified atom stereocenters. The molecule has 4 nitrogen and oxygen atoms in total. The van der Waals surface area contributed by atoms with Crippen LogP contribution < -0.4 is 0 Å². The van der Waals surface area contributed by atoms with E-state index in [0.29, 0.717) is 0 Å². The predicted octanol–water partition coefficient (Wildman–Crippen LogP) is 2.09. The second kappa shape index (κ2) is 3.81. The minimum absolute atomic E-state index is 0.290. The molecule has 0 radical (unpaired) electrons. The third kappa shape index (κ3) is 1.82. The zero-order chi connectivity index (χ0) is 11.7. The van der Waals surface area contributed by atoms with Gasteiger partial charge in [-0.05, 0) is 30.7 Å².